The molecule has 2 heterocycles. The van der Waals surface area contributed by atoms with E-state index in [0.29, 0.717) is 5.92 Å². The van der Waals surface area contributed by atoms with Crippen LogP contribution < -0.4 is 0 Å². The molecule has 0 aliphatic heterocycles. The van der Waals surface area contributed by atoms with Gasteiger partial charge in [0.05, 0.1) is 11.1 Å². The van der Waals surface area contributed by atoms with Crippen molar-refractivity contribution in [1.82, 2.24) is 4.98 Å². The first-order chi connectivity index (χ1) is 14.8. The Morgan fingerprint density at radius 1 is 0.839 bits per heavy atom. The predicted octanol–water partition coefficient (Wildman–Crippen LogP) is 8.18. The van der Waals surface area contributed by atoms with E-state index in [9.17, 15) is 0 Å². The van der Waals surface area contributed by atoms with Gasteiger partial charge in [0.25, 0.3) is 0 Å². The molecule has 0 radical (unpaired) electrons. The molecule has 1 aliphatic rings. The quantitative estimate of drug-likeness (QED) is 0.281. The first-order valence-corrected chi connectivity index (χ1v) is 11.2. The van der Waals surface area contributed by atoms with Gasteiger partial charge in [0.2, 0.25) is 0 Å². The molecule has 2 aromatic heterocycles. The van der Waals surface area contributed by atoms with Crippen LogP contribution in [-0.2, 0) is 5.41 Å². The molecule has 1 aliphatic carbocycles. The van der Waals surface area contributed by atoms with Gasteiger partial charge in [-0.05, 0) is 59.4 Å². The molecule has 2 heteroatoms. The first kappa shape index (κ1) is 18.6. The van der Waals surface area contributed by atoms with Gasteiger partial charge in [0.1, 0.15) is 11.2 Å². The second kappa shape index (κ2) is 5.97. The van der Waals surface area contributed by atoms with Gasteiger partial charge in [-0.1, -0.05) is 63.6 Å². The molecule has 0 bridgehead atoms. The molecule has 0 saturated carbocycles. The van der Waals surface area contributed by atoms with E-state index in [4.69, 9.17) is 9.40 Å². The minimum Gasteiger partial charge on any atom is -0.455 e. The highest BCUT2D eigenvalue weighted by Crippen LogP contribution is 2.51. The number of rotatable bonds is 1. The van der Waals surface area contributed by atoms with Gasteiger partial charge >= 0.3 is 0 Å². The Bertz CT molecular complexity index is 1550. The first-order valence-electron chi connectivity index (χ1n) is 11.2. The van der Waals surface area contributed by atoms with Crippen LogP contribution in [0.15, 0.2) is 53.1 Å². The second-order valence-corrected chi connectivity index (χ2v) is 10.0. The maximum absolute atomic E-state index is 6.60. The largest absolute Gasteiger partial charge is 0.455 e. The molecule has 31 heavy (non-hydrogen) atoms. The summed E-state index contributed by atoms with van der Waals surface area (Å²) < 4.78 is 6.60. The summed E-state index contributed by atoms with van der Waals surface area (Å²) in [6.45, 7) is 13.4. The van der Waals surface area contributed by atoms with Gasteiger partial charge in [-0.3, -0.25) is 4.98 Å². The molecular formula is C29H27NO. The van der Waals surface area contributed by atoms with E-state index < -0.39 is 0 Å². The summed E-state index contributed by atoms with van der Waals surface area (Å²) in [5.41, 5.74) is 10.4. The highest BCUT2D eigenvalue weighted by molar-refractivity contribution is 6.16. The number of fused-ring (bicyclic) bond motifs is 3. The van der Waals surface area contributed by atoms with Crippen molar-refractivity contribution in [2.24, 2.45) is 0 Å². The lowest BCUT2D eigenvalue weighted by atomic mass is 9.74. The molecular weight excluding hydrogens is 378 g/mol. The van der Waals surface area contributed by atoms with Crippen LogP contribution in [0.5, 0.6) is 0 Å². The topological polar surface area (TPSA) is 26.0 Å². The Balaban J connectivity index is 1.88. The number of pyridine rings is 1. The van der Waals surface area contributed by atoms with E-state index in [1.165, 1.54) is 49.4 Å². The average Bonchev–Trinajstić information content (AvgIpc) is 3.10. The summed E-state index contributed by atoms with van der Waals surface area (Å²) in [6, 6.07) is 16.0. The summed E-state index contributed by atoms with van der Waals surface area (Å²) in [7, 11) is 0. The van der Waals surface area contributed by atoms with Gasteiger partial charge in [-0.2, -0.15) is 0 Å². The van der Waals surface area contributed by atoms with E-state index >= 15 is 0 Å². The Labute approximate surface area is 182 Å². The molecule has 0 amide bonds. The summed E-state index contributed by atoms with van der Waals surface area (Å²) in [4.78, 5) is 5.00. The summed E-state index contributed by atoms with van der Waals surface area (Å²) in [6.07, 6.45) is 1.97. The van der Waals surface area contributed by atoms with Gasteiger partial charge in [0.15, 0.2) is 0 Å². The molecule has 0 N–H and O–H groups in total. The van der Waals surface area contributed by atoms with E-state index in [2.05, 4.69) is 84.0 Å². The SMILES string of the molecule is Cc1ccc2cc3c(cc2c1)C(C)(C)c1ccc(C(C)C)c2oc4c(C)cnc-3c4c12. The van der Waals surface area contributed by atoms with Crippen molar-refractivity contribution in [3.05, 3.63) is 76.5 Å². The zero-order chi connectivity index (χ0) is 21.7. The van der Waals surface area contributed by atoms with Crippen molar-refractivity contribution in [3.8, 4) is 11.3 Å². The summed E-state index contributed by atoms with van der Waals surface area (Å²) >= 11 is 0. The summed E-state index contributed by atoms with van der Waals surface area (Å²) in [5, 5.41) is 4.96. The Hall–Kier alpha value is -3.13. The van der Waals surface area contributed by atoms with E-state index in [1.54, 1.807) is 0 Å². The van der Waals surface area contributed by atoms with Crippen LogP contribution >= 0.6 is 0 Å². The van der Waals surface area contributed by atoms with Crippen molar-refractivity contribution >= 4 is 32.7 Å². The minimum absolute atomic E-state index is 0.174. The fourth-order valence-electron chi connectivity index (χ4n) is 5.47. The van der Waals surface area contributed by atoms with Crippen LogP contribution in [0.4, 0.5) is 0 Å². The summed E-state index contributed by atoms with van der Waals surface area (Å²) in [5.74, 6) is 0.394. The molecule has 0 spiro atoms. The Morgan fingerprint density at radius 2 is 1.65 bits per heavy atom. The molecule has 6 rings (SSSR count). The second-order valence-electron chi connectivity index (χ2n) is 10.0. The highest BCUT2D eigenvalue weighted by atomic mass is 16.3. The molecule has 3 aromatic carbocycles. The maximum Gasteiger partial charge on any atom is 0.142 e. The number of furan rings is 1. The molecule has 5 aromatic rings. The van der Waals surface area contributed by atoms with Crippen molar-refractivity contribution in [3.63, 3.8) is 0 Å². The maximum atomic E-state index is 6.60. The van der Waals surface area contributed by atoms with E-state index in [0.717, 1.165) is 22.4 Å². The van der Waals surface area contributed by atoms with Crippen LogP contribution in [-0.4, -0.2) is 4.98 Å². The fraction of sp³-hybridized carbons (Fsp3) is 0.276. The zero-order valence-electron chi connectivity index (χ0n) is 19.1. The van der Waals surface area contributed by atoms with Crippen molar-refractivity contribution in [2.45, 2.75) is 52.9 Å². The van der Waals surface area contributed by atoms with E-state index in [-0.39, 0.29) is 5.41 Å². The third-order valence-electron chi connectivity index (χ3n) is 7.21. The van der Waals surface area contributed by atoms with Gasteiger partial charge in [-0.15, -0.1) is 0 Å². The third kappa shape index (κ3) is 2.36. The molecule has 0 fully saturated rings. The highest BCUT2D eigenvalue weighted by Gasteiger charge is 2.35. The molecule has 2 nitrogen and oxygen atoms in total. The number of nitrogens with zero attached hydrogens (tertiary/aromatic N) is 1. The van der Waals surface area contributed by atoms with Crippen molar-refractivity contribution < 1.29 is 4.42 Å². The number of hydrogen-bond donors (Lipinski definition) is 0. The normalized spacial score (nSPS) is 14.7. The number of aryl methyl sites for hydroxylation is 2. The smallest absolute Gasteiger partial charge is 0.142 e. The fourth-order valence-corrected chi connectivity index (χ4v) is 5.47. The number of aromatic nitrogens is 1. The van der Waals surface area contributed by atoms with Crippen molar-refractivity contribution in [1.29, 1.82) is 0 Å². The van der Waals surface area contributed by atoms with E-state index in [1.807, 2.05) is 6.20 Å². The monoisotopic (exact) mass is 405 g/mol. The van der Waals surface area contributed by atoms with Crippen LogP contribution in [0, 0.1) is 13.8 Å². The molecule has 0 atom stereocenters. The van der Waals surface area contributed by atoms with Crippen LogP contribution in [0.25, 0.3) is 44.0 Å². The lowest BCUT2D eigenvalue weighted by molar-refractivity contribution is 0.637. The van der Waals surface area contributed by atoms with Crippen LogP contribution in [0.1, 0.15) is 61.4 Å². The minimum atomic E-state index is -0.174. The average molecular weight is 406 g/mol. The van der Waals surface area contributed by atoms with Gasteiger partial charge < -0.3 is 4.42 Å². The number of benzene rings is 3. The molecule has 0 unspecified atom stereocenters. The third-order valence-corrected chi connectivity index (χ3v) is 7.21. The van der Waals surface area contributed by atoms with Gasteiger partial charge in [0, 0.05) is 28.1 Å². The predicted molar refractivity (Wildman–Crippen MR) is 130 cm³/mol. The zero-order valence-corrected chi connectivity index (χ0v) is 19.1. The Morgan fingerprint density at radius 3 is 2.42 bits per heavy atom. The molecule has 154 valence electrons. The lowest BCUT2D eigenvalue weighted by Gasteiger charge is -2.28. The van der Waals surface area contributed by atoms with Crippen LogP contribution in [0.2, 0.25) is 0 Å². The van der Waals surface area contributed by atoms with Crippen molar-refractivity contribution in [2.75, 3.05) is 0 Å². The standard InChI is InChI=1S/C29H27NO/c1-15(2)20-9-10-22-24-25-26(30-14-17(4)27(25)31-28(20)24)21-12-18-8-7-16(3)11-19(18)13-23(21)29(22,5)6/h7-15H,1-6H3. The molecule has 0 saturated heterocycles. The lowest BCUT2D eigenvalue weighted by Crippen LogP contribution is -2.20. The van der Waals surface area contributed by atoms with Crippen LogP contribution in [0.3, 0.4) is 0 Å². The Kier molecular flexibility index (Phi) is 3.59. The number of hydrogen-bond acceptors (Lipinski definition) is 2. The van der Waals surface area contributed by atoms with Gasteiger partial charge in [-0.25, -0.2) is 0 Å².